The number of hydrogen-bond donors (Lipinski definition) is 0. The van der Waals surface area contributed by atoms with Crippen molar-refractivity contribution >= 4 is 11.9 Å². The fourth-order valence-electron chi connectivity index (χ4n) is 1.63. The maximum atomic E-state index is 11.5. The van der Waals surface area contributed by atoms with Gasteiger partial charge in [0.1, 0.15) is 12.6 Å². The molecule has 1 amide bonds. The standard InChI is InChI=1S/C11H15NO3/c1-3-8-15-11(14)9-6-5-7-12(9)10(13)4-2/h3-4,9H,1-2,5-8H2/t9-/m0/s1. The first-order valence-corrected chi connectivity index (χ1v) is 4.91. The van der Waals surface area contributed by atoms with Crippen LogP contribution in [0.1, 0.15) is 12.8 Å². The molecule has 4 nitrogen and oxygen atoms in total. The molecule has 1 aliphatic heterocycles. The second-order valence-corrected chi connectivity index (χ2v) is 3.31. The summed E-state index contributed by atoms with van der Waals surface area (Å²) in [5.74, 6) is -0.573. The predicted octanol–water partition coefficient (Wildman–Crippen LogP) is 0.893. The fraction of sp³-hybridized carbons (Fsp3) is 0.455. The molecular weight excluding hydrogens is 194 g/mol. The summed E-state index contributed by atoms with van der Waals surface area (Å²) in [5.41, 5.74) is 0. The van der Waals surface area contributed by atoms with Gasteiger partial charge in [0.15, 0.2) is 0 Å². The molecule has 0 aliphatic carbocycles. The lowest BCUT2D eigenvalue weighted by Gasteiger charge is -2.21. The van der Waals surface area contributed by atoms with Gasteiger partial charge in [0, 0.05) is 6.54 Å². The molecule has 1 saturated heterocycles. The van der Waals surface area contributed by atoms with E-state index in [0.29, 0.717) is 13.0 Å². The van der Waals surface area contributed by atoms with E-state index in [2.05, 4.69) is 13.2 Å². The average molecular weight is 209 g/mol. The van der Waals surface area contributed by atoms with E-state index in [1.807, 2.05) is 0 Å². The maximum Gasteiger partial charge on any atom is 0.329 e. The molecule has 0 bridgehead atoms. The topological polar surface area (TPSA) is 46.6 Å². The van der Waals surface area contributed by atoms with Crippen molar-refractivity contribution in [1.29, 1.82) is 0 Å². The van der Waals surface area contributed by atoms with E-state index in [1.165, 1.54) is 17.1 Å². The second kappa shape index (κ2) is 5.34. The van der Waals surface area contributed by atoms with Gasteiger partial charge in [-0.25, -0.2) is 4.79 Å². The lowest BCUT2D eigenvalue weighted by molar-refractivity contribution is -0.151. The first kappa shape index (κ1) is 11.5. The number of esters is 1. The summed E-state index contributed by atoms with van der Waals surface area (Å²) in [7, 11) is 0. The Kier molecular flexibility index (Phi) is 4.09. The Morgan fingerprint density at radius 2 is 2.20 bits per heavy atom. The first-order chi connectivity index (χ1) is 7.20. The molecule has 0 unspecified atom stereocenters. The van der Waals surface area contributed by atoms with E-state index in [9.17, 15) is 9.59 Å². The monoisotopic (exact) mass is 209 g/mol. The summed E-state index contributed by atoms with van der Waals surface area (Å²) < 4.78 is 4.91. The van der Waals surface area contributed by atoms with Crippen molar-refractivity contribution in [2.45, 2.75) is 18.9 Å². The molecule has 0 N–H and O–H groups in total. The third-order valence-corrected chi connectivity index (χ3v) is 2.33. The van der Waals surface area contributed by atoms with E-state index in [1.54, 1.807) is 0 Å². The number of ether oxygens (including phenoxy) is 1. The van der Waals surface area contributed by atoms with Crippen LogP contribution >= 0.6 is 0 Å². The van der Waals surface area contributed by atoms with Gasteiger partial charge in [0.05, 0.1) is 0 Å². The van der Waals surface area contributed by atoms with Gasteiger partial charge in [-0.1, -0.05) is 19.2 Å². The maximum absolute atomic E-state index is 11.5. The molecule has 0 radical (unpaired) electrons. The highest BCUT2D eigenvalue weighted by molar-refractivity contribution is 5.91. The van der Waals surface area contributed by atoms with Crippen LogP contribution in [0.2, 0.25) is 0 Å². The minimum Gasteiger partial charge on any atom is -0.460 e. The summed E-state index contributed by atoms with van der Waals surface area (Å²) >= 11 is 0. The van der Waals surface area contributed by atoms with Crippen LogP contribution in [-0.2, 0) is 14.3 Å². The van der Waals surface area contributed by atoms with Crippen molar-refractivity contribution in [3.63, 3.8) is 0 Å². The Bertz CT molecular complexity index is 286. The van der Waals surface area contributed by atoms with Crippen LogP contribution in [0.15, 0.2) is 25.3 Å². The normalized spacial score (nSPS) is 19.7. The number of carbonyl (C=O) groups excluding carboxylic acids is 2. The highest BCUT2D eigenvalue weighted by Gasteiger charge is 2.33. The van der Waals surface area contributed by atoms with Crippen LogP contribution in [0.5, 0.6) is 0 Å². The van der Waals surface area contributed by atoms with E-state index in [0.717, 1.165) is 6.42 Å². The highest BCUT2D eigenvalue weighted by Crippen LogP contribution is 2.18. The molecule has 0 aromatic rings. The third kappa shape index (κ3) is 2.68. The van der Waals surface area contributed by atoms with Gasteiger partial charge in [-0.15, -0.1) is 0 Å². The number of nitrogens with zero attached hydrogens (tertiary/aromatic N) is 1. The molecule has 4 heteroatoms. The Balaban J connectivity index is 2.59. The van der Waals surface area contributed by atoms with Crippen LogP contribution in [0.3, 0.4) is 0 Å². The van der Waals surface area contributed by atoms with Crippen LogP contribution in [0.4, 0.5) is 0 Å². The fourth-order valence-corrected chi connectivity index (χ4v) is 1.63. The van der Waals surface area contributed by atoms with Gasteiger partial charge in [-0.3, -0.25) is 4.79 Å². The zero-order valence-electron chi connectivity index (χ0n) is 8.65. The molecule has 82 valence electrons. The summed E-state index contributed by atoms with van der Waals surface area (Å²) in [4.78, 5) is 24.4. The Labute approximate surface area is 89.2 Å². The predicted molar refractivity (Wildman–Crippen MR) is 56.1 cm³/mol. The van der Waals surface area contributed by atoms with Crippen LogP contribution in [-0.4, -0.2) is 36.0 Å². The number of likely N-dealkylation sites (tertiary alicyclic amines) is 1. The SMILES string of the molecule is C=CCOC(=O)[C@@H]1CCCN1C(=O)C=C. The molecule has 1 atom stereocenters. The van der Waals surface area contributed by atoms with Crippen LogP contribution < -0.4 is 0 Å². The minimum absolute atomic E-state index is 0.186. The van der Waals surface area contributed by atoms with Crippen molar-refractivity contribution < 1.29 is 14.3 Å². The zero-order chi connectivity index (χ0) is 11.3. The number of carbonyl (C=O) groups is 2. The largest absolute Gasteiger partial charge is 0.460 e. The smallest absolute Gasteiger partial charge is 0.329 e. The summed E-state index contributed by atoms with van der Waals surface area (Å²) in [6.07, 6.45) is 4.22. The van der Waals surface area contributed by atoms with Crippen LogP contribution in [0, 0.1) is 0 Å². The van der Waals surface area contributed by atoms with Crippen molar-refractivity contribution in [3.05, 3.63) is 25.3 Å². The van der Waals surface area contributed by atoms with E-state index < -0.39 is 6.04 Å². The lowest BCUT2D eigenvalue weighted by Crippen LogP contribution is -2.40. The second-order valence-electron chi connectivity index (χ2n) is 3.31. The van der Waals surface area contributed by atoms with E-state index >= 15 is 0 Å². The van der Waals surface area contributed by atoms with Gasteiger partial charge in [0.2, 0.25) is 5.91 Å². The first-order valence-electron chi connectivity index (χ1n) is 4.91. The minimum atomic E-state index is -0.449. The molecule has 1 fully saturated rings. The summed E-state index contributed by atoms with van der Waals surface area (Å²) in [5, 5.41) is 0. The molecule has 0 aromatic heterocycles. The Morgan fingerprint density at radius 3 is 2.80 bits per heavy atom. The number of hydrogen-bond acceptors (Lipinski definition) is 3. The van der Waals surface area contributed by atoms with Crippen molar-refractivity contribution in [2.75, 3.05) is 13.2 Å². The van der Waals surface area contributed by atoms with Gasteiger partial charge in [-0.2, -0.15) is 0 Å². The van der Waals surface area contributed by atoms with Gasteiger partial charge in [-0.05, 0) is 18.9 Å². The molecule has 0 saturated carbocycles. The number of amides is 1. The van der Waals surface area contributed by atoms with E-state index in [-0.39, 0.29) is 18.5 Å². The Morgan fingerprint density at radius 1 is 1.47 bits per heavy atom. The molecule has 0 aromatic carbocycles. The Hall–Kier alpha value is -1.58. The average Bonchev–Trinajstić information content (AvgIpc) is 2.73. The molecule has 1 heterocycles. The lowest BCUT2D eigenvalue weighted by atomic mass is 10.2. The molecule has 1 rings (SSSR count). The summed E-state index contributed by atoms with van der Waals surface area (Å²) in [6, 6.07) is -0.449. The van der Waals surface area contributed by atoms with Gasteiger partial charge < -0.3 is 9.64 Å². The number of rotatable bonds is 4. The van der Waals surface area contributed by atoms with Gasteiger partial charge >= 0.3 is 5.97 Å². The van der Waals surface area contributed by atoms with Crippen molar-refractivity contribution in [2.24, 2.45) is 0 Å². The van der Waals surface area contributed by atoms with Crippen LogP contribution in [0.25, 0.3) is 0 Å². The van der Waals surface area contributed by atoms with Crippen molar-refractivity contribution in [1.82, 2.24) is 4.90 Å². The molecule has 0 spiro atoms. The van der Waals surface area contributed by atoms with Crippen molar-refractivity contribution in [3.8, 4) is 0 Å². The molecular formula is C11H15NO3. The highest BCUT2D eigenvalue weighted by atomic mass is 16.5. The third-order valence-electron chi connectivity index (χ3n) is 2.33. The summed E-state index contributed by atoms with van der Waals surface area (Å²) in [6.45, 7) is 7.64. The van der Waals surface area contributed by atoms with Gasteiger partial charge in [0.25, 0.3) is 0 Å². The molecule has 15 heavy (non-hydrogen) atoms. The van der Waals surface area contributed by atoms with E-state index in [4.69, 9.17) is 4.74 Å². The quantitative estimate of drug-likeness (QED) is 0.392. The molecule has 1 aliphatic rings. The zero-order valence-corrected chi connectivity index (χ0v) is 8.65.